The molecule has 0 saturated carbocycles. The second-order valence-electron chi connectivity index (χ2n) is 7.62. The highest BCUT2D eigenvalue weighted by atomic mass is 32.2. The van der Waals surface area contributed by atoms with Crippen LogP contribution < -0.4 is 4.72 Å². The van der Waals surface area contributed by atoms with Gasteiger partial charge < -0.3 is 4.90 Å². The molecule has 0 aromatic heterocycles. The van der Waals surface area contributed by atoms with Gasteiger partial charge in [0.1, 0.15) is 0 Å². The normalized spacial score (nSPS) is 21.4. The minimum atomic E-state index is -3.61. The summed E-state index contributed by atoms with van der Waals surface area (Å²) in [4.78, 5) is 14.6. The summed E-state index contributed by atoms with van der Waals surface area (Å²) >= 11 is 0. The third-order valence-corrected chi connectivity index (χ3v) is 6.49. The molecule has 6 heteroatoms. The van der Waals surface area contributed by atoms with E-state index in [1.807, 2.05) is 24.0 Å². The first-order chi connectivity index (χ1) is 11.6. The number of sulfonamides is 1. The van der Waals surface area contributed by atoms with Crippen LogP contribution in [0.2, 0.25) is 0 Å². The van der Waals surface area contributed by atoms with E-state index in [1.54, 1.807) is 13.8 Å². The molecule has 1 aromatic carbocycles. The summed E-state index contributed by atoms with van der Waals surface area (Å²) in [7, 11) is -3.61. The van der Waals surface area contributed by atoms with E-state index in [0.29, 0.717) is 16.7 Å². The third-order valence-electron chi connectivity index (χ3n) is 4.73. The van der Waals surface area contributed by atoms with Gasteiger partial charge in [0.2, 0.25) is 15.9 Å². The van der Waals surface area contributed by atoms with Crippen molar-refractivity contribution in [2.24, 2.45) is 11.8 Å². The Morgan fingerprint density at radius 2 is 1.64 bits per heavy atom. The Morgan fingerprint density at radius 3 is 2.16 bits per heavy atom. The lowest BCUT2D eigenvalue weighted by atomic mass is 9.92. The molecule has 0 bridgehead atoms. The Balaban J connectivity index is 1.98. The number of amides is 1. The fourth-order valence-corrected chi connectivity index (χ4v) is 5.46. The lowest BCUT2D eigenvalue weighted by Crippen LogP contribution is -2.43. The van der Waals surface area contributed by atoms with Crippen molar-refractivity contribution in [2.75, 3.05) is 19.6 Å². The van der Waals surface area contributed by atoms with Crippen LogP contribution in [0.4, 0.5) is 0 Å². The van der Waals surface area contributed by atoms with Crippen LogP contribution in [-0.2, 0) is 14.8 Å². The standard InChI is InChI=1S/C19H30N2O3S/c1-13-9-16(4)19(17(5)10-13)25(23,24)20-7-6-18(22)21-11-14(2)8-15(3)12-21/h9-10,14-15,20H,6-8,11-12H2,1-5H3. The molecule has 1 heterocycles. The Morgan fingerprint density at radius 1 is 1.12 bits per heavy atom. The van der Waals surface area contributed by atoms with Crippen molar-refractivity contribution >= 4 is 15.9 Å². The molecular formula is C19H30N2O3S. The van der Waals surface area contributed by atoms with Crippen LogP contribution in [0.15, 0.2) is 17.0 Å². The molecule has 2 unspecified atom stereocenters. The number of nitrogens with zero attached hydrogens (tertiary/aromatic N) is 1. The quantitative estimate of drug-likeness (QED) is 0.871. The van der Waals surface area contributed by atoms with Crippen LogP contribution >= 0.6 is 0 Å². The molecule has 1 aliphatic heterocycles. The van der Waals surface area contributed by atoms with Gasteiger partial charge in [-0.3, -0.25) is 4.79 Å². The molecule has 1 aliphatic rings. The van der Waals surface area contributed by atoms with Gasteiger partial charge in [-0.25, -0.2) is 13.1 Å². The van der Waals surface area contributed by atoms with Crippen LogP contribution in [0.5, 0.6) is 0 Å². The molecule has 5 nitrogen and oxygen atoms in total. The van der Waals surface area contributed by atoms with Gasteiger partial charge in [-0.05, 0) is 50.2 Å². The molecule has 1 N–H and O–H groups in total. The third kappa shape index (κ3) is 5.05. The van der Waals surface area contributed by atoms with Crippen LogP contribution in [0.1, 0.15) is 43.4 Å². The topological polar surface area (TPSA) is 66.5 Å². The minimum absolute atomic E-state index is 0.0263. The summed E-state index contributed by atoms with van der Waals surface area (Å²) in [6.45, 7) is 11.5. The van der Waals surface area contributed by atoms with E-state index >= 15 is 0 Å². The van der Waals surface area contributed by atoms with Gasteiger partial charge in [0, 0.05) is 26.1 Å². The predicted molar refractivity (Wildman–Crippen MR) is 100.0 cm³/mol. The highest BCUT2D eigenvalue weighted by Crippen LogP contribution is 2.22. The van der Waals surface area contributed by atoms with Crippen molar-refractivity contribution in [1.82, 2.24) is 9.62 Å². The van der Waals surface area contributed by atoms with E-state index in [1.165, 1.54) is 0 Å². The lowest BCUT2D eigenvalue weighted by Gasteiger charge is -2.35. The van der Waals surface area contributed by atoms with Gasteiger partial charge in [-0.2, -0.15) is 0 Å². The Kier molecular flexibility index (Phi) is 6.27. The number of aryl methyl sites for hydroxylation is 3. The molecule has 1 aromatic rings. The molecule has 0 aliphatic carbocycles. The van der Waals surface area contributed by atoms with E-state index in [9.17, 15) is 13.2 Å². The molecule has 1 saturated heterocycles. The fraction of sp³-hybridized carbons (Fsp3) is 0.632. The Bertz CT molecular complexity index is 710. The van der Waals surface area contributed by atoms with E-state index in [2.05, 4.69) is 18.6 Å². The van der Waals surface area contributed by atoms with Crippen molar-refractivity contribution in [3.8, 4) is 0 Å². The van der Waals surface area contributed by atoms with Gasteiger partial charge in [0.05, 0.1) is 4.90 Å². The number of carbonyl (C=O) groups excluding carboxylic acids is 1. The van der Waals surface area contributed by atoms with Crippen molar-refractivity contribution in [1.29, 1.82) is 0 Å². The van der Waals surface area contributed by atoms with E-state index < -0.39 is 10.0 Å². The van der Waals surface area contributed by atoms with Crippen molar-refractivity contribution in [3.63, 3.8) is 0 Å². The van der Waals surface area contributed by atoms with Crippen molar-refractivity contribution in [2.45, 2.75) is 52.4 Å². The summed E-state index contributed by atoms with van der Waals surface area (Å²) in [5.74, 6) is 1.03. The number of carbonyl (C=O) groups is 1. The van der Waals surface area contributed by atoms with Crippen molar-refractivity contribution in [3.05, 3.63) is 28.8 Å². The predicted octanol–water partition coefficient (Wildman–Crippen LogP) is 2.78. The molecule has 0 radical (unpaired) electrons. The molecule has 1 amide bonds. The molecule has 140 valence electrons. The number of likely N-dealkylation sites (tertiary alicyclic amines) is 1. The first kappa shape index (κ1) is 19.9. The summed E-state index contributed by atoms with van der Waals surface area (Å²) in [6.07, 6.45) is 1.34. The average Bonchev–Trinajstić information content (AvgIpc) is 2.44. The number of hydrogen-bond donors (Lipinski definition) is 1. The Labute approximate surface area is 151 Å². The number of hydrogen-bond acceptors (Lipinski definition) is 3. The van der Waals surface area contributed by atoms with E-state index in [-0.39, 0.29) is 18.9 Å². The highest BCUT2D eigenvalue weighted by Gasteiger charge is 2.26. The highest BCUT2D eigenvalue weighted by molar-refractivity contribution is 7.89. The molecule has 25 heavy (non-hydrogen) atoms. The lowest BCUT2D eigenvalue weighted by molar-refractivity contribution is -0.133. The maximum absolute atomic E-state index is 12.6. The maximum atomic E-state index is 12.6. The number of nitrogens with one attached hydrogen (secondary N) is 1. The van der Waals surface area contributed by atoms with E-state index in [0.717, 1.165) is 36.2 Å². The second kappa shape index (κ2) is 7.87. The first-order valence-corrected chi connectivity index (χ1v) is 10.4. The van der Waals surface area contributed by atoms with Gasteiger partial charge >= 0.3 is 0 Å². The molecule has 1 fully saturated rings. The van der Waals surface area contributed by atoms with Gasteiger partial charge in [0.25, 0.3) is 0 Å². The zero-order chi connectivity index (χ0) is 18.8. The smallest absolute Gasteiger partial charge is 0.241 e. The minimum Gasteiger partial charge on any atom is -0.342 e. The monoisotopic (exact) mass is 366 g/mol. The summed E-state index contributed by atoms with van der Waals surface area (Å²) in [5.41, 5.74) is 2.50. The zero-order valence-electron chi connectivity index (χ0n) is 15.9. The summed E-state index contributed by atoms with van der Waals surface area (Å²) in [6, 6.07) is 3.73. The largest absolute Gasteiger partial charge is 0.342 e. The second-order valence-corrected chi connectivity index (χ2v) is 9.32. The number of piperidine rings is 1. The Hall–Kier alpha value is -1.40. The molecule has 2 atom stereocenters. The van der Waals surface area contributed by atoms with E-state index in [4.69, 9.17) is 0 Å². The van der Waals surface area contributed by atoms with Gasteiger partial charge in [-0.1, -0.05) is 31.5 Å². The average molecular weight is 367 g/mol. The maximum Gasteiger partial charge on any atom is 0.241 e. The molecule has 2 rings (SSSR count). The number of benzene rings is 1. The van der Waals surface area contributed by atoms with Crippen LogP contribution in [0.3, 0.4) is 0 Å². The summed E-state index contributed by atoms with van der Waals surface area (Å²) in [5, 5.41) is 0. The zero-order valence-corrected chi connectivity index (χ0v) is 16.7. The van der Waals surface area contributed by atoms with Crippen molar-refractivity contribution < 1.29 is 13.2 Å². The van der Waals surface area contributed by atoms with Gasteiger partial charge in [-0.15, -0.1) is 0 Å². The van der Waals surface area contributed by atoms with Gasteiger partial charge in [0.15, 0.2) is 0 Å². The fourth-order valence-electron chi connectivity index (χ4n) is 3.98. The molecule has 0 spiro atoms. The summed E-state index contributed by atoms with van der Waals surface area (Å²) < 4.78 is 27.8. The van der Waals surface area contributed by atoms with Crippen LogP contribution in [0, 0.1) is 32.6 Å². The number of rotatable bonds is 5. The molecular weight excluding hydrogens is 336 g/mol. The SMILES string of the molecule is Cc1cc(C)c(S(=O)(=O)NCCC(=O)N2CC(C)CC(C)C2)c(C)c1. The van der Waals surface area contributed by atoms with Crippen LogP contribution in [0.25, 0.3) is 0 Å². The first-order valence-electron chi connectivity index (χ1n) is 8.95. The van der Waals surface area contributed by atoms with Crippen LogP contribution in [-0.4, -0.2) is 38.9 Å².